The van der Waals surface area contributed by atoms with Crippen LogP contribution < -0.4 is 20.9 Å². The summed E-state index contributed by atoms with van der Waals surface area (Å²) in [5, 5.41) is 5.45. The van der Waals surface area contributed by atoms with E-state index in [1.165, 1.54) is 11.4 Å². The quantitative estimate of drug-likeness (QED) is 0.284. The molecule has 5 rings (SSSR count). The first-order valence-corrected chi connectivity index (χ1v) is 12.0. The zero-order valence-electron chi connectivity index (χ0n) is 18.4. The topological polar surface area (TPSA) is 56.9 Å². The van der Waals surface area contributed by atoms with Gasteiger partial charge in [0.05, 0.1) is 10.6 Å². The van der Waals surface area contributed by atoms with Gasteiger partial charge in [0.25, 0.3) is 0 Å². The van der Waals surface area contributed by atoms with E-state index in [4.69, 9.17) is 5.73 Å². The molecule has 5 nitrogen and oxygen atoms in total. The van der Waals surface area contributed by atoms with Gasteiger partial charge in [-0.1, -0.05) is 24.3 Å². The van der Waals surface area contributed by atoms with E-state index in [9.17, 15) is 0 Å². The Kier molecular flexibility index (Phi) is 6.26. The summed E-state index contributed by atoms with van der Waals surface area (Å²) in [4.78, 5) is 10.4. The van der Waals surface area contributed by atoms with Gasteiger partial charge in [-0.05, 0) is 72.1 Å². The van der Waals surface area contributed by atoms with Gasteiger partial charge in [0.15, 0.2) is 0 Å². The Morgan fingerprint density at radius 1 is 0.697 bits per heavy atom. The number of hydrogen-bond acceptors (Lipinski definition) is 5. The zero-order valence-corrected chi connectivity index (χ0v) is 19.2. The maximum absolute atomic E-state index is 6.11. The first-order chi connectivity index (χ1) is 16.2. The summed E-state index contributed by atoms with van der Waals surface area (Å²) in [5.74, 6) is 0.566. The highest BCUT2D eigenvalue weighted by Crippen LogP contribution is 2.25. The van der Waals surface area contributed by atoms with Gasteiger partial charge >= 0.3 is 0 Å². The lowest BCUT2D eigenvalue weighted by Crippen LogP contribution is -2.46. The molecule has 0 aliphatic carbocycles. The van der Waals surface area contributed by atoms with Crippen LogP contribution in [0.25, 0.3) is 0 Å². The van der Waals surface area contributed by atoms with Crippen molar-refractivity contribution in [1.29, 1.82) is 0 Å². The van der Waals surface area contributed by atoms with Gasteiger partial charge in [0.1, 0.15) is 5.84 Å². The van der Waals surface area contributed by atoms with E-state index < -0.39 is 0 Å². The molecule has 2 heterocycles. The van der Waals surface area contributed by atoms with Crippen molar-refractivity contribution in [2.24, 2.45) is 10.7 Å². The predicted octanol–water partition coefficient (Wildman–Crippen LogP) is 5.86. The fourth-order valence-corrected chi connectivity index (χ4v) is 4.65. The fraction of sp³-hybridized carbons (Fsp3) is 0.148. The van der Waals surface area contributed by atoms with Gasteiger partial charge in [-0.2, -0.15) is 0 Å². The number of benzene rings is 3. The lowest BCUT2D eigenvalue weighted by atomic mass is 10.2. The normalized spacial score (nSPS) is 14.4. The number of piperazine rings is 1. The average molecular weight is 454 g/mol. The highest BCUT2D eigenvalue weighted by molar-refractivity contribution is 7.12. The summed E-state index contributed by atoms with van der Waals surface area (Å²) >= 11 is 1.60. The third-order valence-corrected chi connectivity index (χ3v) is 6.70. The second-order valence-electron chi connectivity index (χ2n) is 8.00. The lowest BCUT2D eigenvalue weighted by Gasteiger charge is -2.37. The number of rotatable bonds is 6. The van der Waals surface area contributed by atoms with Crippen LogP contribution in [0.15, 0.2) is 101 Å². The van der Waals surface area contributed by atoms with E-state index in [2.05, 4.69) is 68.6 Å². The van der Waals surface area contributed by atoms with Crippen molar-refractivity contribution in [3.8, 4) is 0 Å². The van der Waals surface area contributed by atoms with Crippen molar-refractivity contribution >= 4 is 45.6 Å². The van der Waals surface area contributed by atoms with Gasteiger partial charge in [-0.15, -0.1) is 11.3 Å². The van der Waals surface area contributed by atoms with Crippen molar-refractivity contribution in [2.75, 3.05) is 41.3 Å². The van der Waals surface area contributed by atoms with E-state index >= 15 is 0 Å². The lowest BCUT2D eigenvalue weighted by molar-refractivity contribution is 0.653. The molecular formula is C27H27N5S. The number of amidine groups is 1. The molecule has 0 radical (unpaired) electrons. The highest BCUT2D eigenvalue weighted by atomic mass is 32.1. The summed E-state index contributed by atoms with van der Waals surface area (Å²) in [6.45, 7) is 3.97. The summed E-state index contributed by atoms with van der Waals surface area (Å²) in [6.07, 6.45) is 0. The molecule has 1 aromatic heterocycles. The summed E-state index contributed by atoms with van der Waals surface area (Å²) in [6, 6.07) is 31.3. The van der Waals surface area contributed by atoms with Crippen LogP contribution in [-0.2, 0) is 0 Å². The van der Waals surface area contributed by atoms with E-state index in [-0.39, 0.29) is 0 Å². The Morgan fingerprint density at radius 3 is 1.85 bits per heavy atom. The Morgan fingerprint density at radius 2 is 1.27 bits per heavy atom. The highest BCUT2D eigenvalue weighted by Gasteiger charge is 2.17. The van der Waals surface area contributed by atoms with E-state index in [1.807, 2.05) is 47.8 Å². The van der Waals surface area contributed by atoms with Crippen LogP contribution in [0, 0.1) is 0 Å². The Balaban J connectivity index is 1.17. The first-order valence-electron chi connectivity index (χ1n) is 11.1. The maximum atomic E-state index is 6.11. The first kappa shape index (κ1) is 21.1. The van der Waals surface area contributed by atoms with Crippen molar-refractivity contribution in [1.82, 2.24) is 0 Å². The number of anilines is 4. The number of nitrogens with one attached hydrogen (secondary N) is 1. The standard InChI is InChI=1S/C27H27N5S/c28-27(26-7-4-20-33-26)30-23-10-14-25(15-11-23)32-18-16-31(17-19-32)24-12-8-22(9-13-24)29-21-5-2-1-3-6-21/h1-15,20,29H,16-19H2,(H2,28,30). The molecule has 1 fully saturated rings. The van der Waals surface area contributed by atoms with Gasteiger partial charge in [0, 0.05) is 48.9 Å². The number of para-hydroxylation sites is 1. The second kappa shape index (κ2) is 9.79. The molecular weight excluding hydrogens is 426 g/mol. The van der Waals surface area contributed by atoms with E-state index in [0.717, 1.165) is 48.1 Å². The third kappa shape index (κ3) is 5.18. The summed E-state index contributed by atoms with van der Waals surface area (Å²) in [5.41, 5.74) is 11.7. The Bertz CT molecular complexity index is 1180. The number of hydrogen-bond donors (Lipinski definition) is 2. The summed E-state index contributed by atoms with van der Waals surface area (Å²) in [7, 11) is 0. The predicted molar refractivity (Wildman–Crippen MR) is 142 cm³/mol. The van der Waals surface area contributed by atoms with Gasteiger partial charge in [-0.25, -0.2) is 4.99 Å². The van der Waals surface area contributed by atoms with Crippen LogP contribution in [0.2, 0.25) is 0 Å². The molecule has 33 heavy (non-hydrogen) atoms. The van der Waals surface area contributed by atoms with Gasteiger partial charge in [-0.3, -0.25) is 0 Å². The zero-order chi connectivity index (χ0) is 22.5. The monoisotopic (exact) mass is 453 g/mol. The second-order valence-corrected chi connectivity index (χ2v) is 8.95. The number of nitrogens with zero attached hydrogens (tertiary/aromatic N) is 3. The fourth-order valence-electron chi connectivity index (χ4n) is 4.02. The molecule has 1 aliphatic heterocycles. The molecule has 1 saturated heterocycles. The van der Waals surface area contributed by atoms with Crippen molar-refractivity contribution < 1.29 is 0 Å². The van der Waals surface area contributed by atoms with Crippen LogP contribution >= 0.6 is 11.3 Å². The minimum absolute atomic E-state index is 0.566. The Hall–Kier alpha value is -3.77. The van der Waals surface area contributed by atoms with Crippen molar-refractivity contribution in [3.05, 3.63) is 101 Å². The molecule has 3 N–H and O–H groups in total. The molecule has 0 amide bonds. The van der Waals surface area contributed by atoms with Crippen molar-refractivity contribution in [2.45, 2.75) is 0 Å². The van der Waals surface area contributed by atoms with Crippen LogP contribution in [0.1, 0.15) is 4.88 Å². The molecule has 0 unspecified atom stereocenters. The van der Waals surface area contributed by atoms with Crippen LogP contribution in [0.5, 0.6) is 0 Å². The molecule has 0 bridgehead atoms. The van der Waals surface area contributed by atoms with Crippen LogP contribution in [0.4, 0.5) is 28.4 Å². The van der Waals surface area contributed by atoms with Crippen LogP contribution in [0.3, 0.4) is 0 Å². The van der Waals surface area contributed by atoms with E-state index in [1.54, 1.807) is 11.3 Å². The molecule has 0 spiro atoms. The molecule has 166 valence electrons. The smallest absolute Gasteiger partial charge is 0.141 e. The molecule has 0 saturated carbocycles. The molecule has 3 aromatic carbocycles. The van der Waals surface area contributed by atoms with Gasteiger partial charge < -0.3 is 20.9 Å². The summed E-state index contributed by atoms with van der Waals surface area (Å²) < 4.78 is 0. The SMILES string of the molecule is NC(=Nc1ccc(N2CCN(c3ccc(Nc4ccccc4)cc3)CC2)cc1)c1cccs1. The Labute approximate surface area is 198 Å². The maximum Gasteiger partial charge on any atom is 0.141 e. The minimum Gasteiger partial charge on any atom is -0.383 e. The minimum atomic E-state index is 0.566. The third-order valence-electron chi connectivity index (χ3n) is 5.81. The largest absolute Gasteiger partial charge is 0.383 e. The molecule has 4 aromatic rings. The molecule has 1 aliphatic rings. The number of aliphatic imine (C=N–C) groups is 1. The molecule has 0 atom stereocenters. The van der Waals surface area contributed by atoms with Gasteiger partial charge in [0.2, 0.25) is 0 Å². The van der Waals surface area contributed by atoms with Crippen molar-refractivity contribution in [3.63, 3.8) is 0 Å². The van der Waals surface area contributed by atoms with Crippen LogP contribution in [-0.4, -0.2) is 32.0 Å². The molecule has 6 heteroatoms. The average Bonchev–Trinajstić information content (AvgIpc) is 3.41. The number of nitrogens with two attached hydrogens (primary N) is 1. The number of thiophene rings is 1. The van der Waals surface area contributed by atoms with E-state index in [0.29, 0.717) is 5.84 Å².